The van der Waals surface area contributed by atoms with Gasteiger partial charge in [-0.05, 0) is 30.7 Å². The number of phenols is 1. The molecule has 2 aromatic rings. The Bertz CT molecular complexity index is 497. The second-order valence-electron chi connectivity index (χ2n) is 3.31. The Morgan fingerprint density at radius 1 is 1.20 bits per heavy atom. The topological polar surface area (TPSA) is 72.0 Å². The molecule has 1 aromatic carbocycles. The number of para-hydroxylation sites is 1. The van der Waals surface area contributed by atoms with Crippen LogP contribution >= 0.6 is 0 Å². The number of nitrogens with zero attached hydrogens (tertiary/aromatic N) is 2. The van der Waals surface area contributed by atoms with Crippen LogP contribution in [-0.2, 0) is 0 Å². The first-order chi connectivity index (χ1) is 7.18. The van der Waals surface area contributed by atoms with Gasteiger partial charge in [-0.2, -0.15) is 0 Å². The summed E-state index contributed by atoms with van der Waals surface area (Å²) in [7, 11) is 0. The molecule has 0 aliphatic carbocycles. The molecule has 0 spiro atoms. The number of anilines is 1. The van der Waals surface area contributed by atoms with E-state index in [4.69, 9.17) is 5.73 Å². The molecule has 2 rings (SSSR count). The molecule has 0 saturated heterocycles. The Kier molecular flexibility index (Phi) is 2.25. The van der Waals surface area contributed by atoms with E-state index in [9.17, 15) is 5.11 Å². The van der Waals surface area contributed by atoms with Crippen molar-refractivity contribution in [3.05, 3.63) is 35.9 Å². The molecule has 1 aromatic heterocycles. The van der Waals surface area contributed by atoms with E-state index in [1.165, 1.54) is 0 Å². The van der Waals surface area contributed by atoms with Crippen molar-refractivity contribution in [1.29, 1.82) is 0 Å². The van der Waals surface area contributed by atoms with Gasteiger partial charge in [0.2, 0.25) is 0 Å². The van der Waals surface area contributed by atoms with Crippen LogP contribution in [0.3, 0.4) is 0 Å². The molecule has 3 N–H and O–H groups in total. The molecule has 76 valence electrons. The summed E-state index contributed by atoms with van der Waals surface area (Å²) in [6.45, 7) is 1.85. The zero-order chi connectivity index (χ0) is 10.8. The van der Waals surface area contributed by atoms with Crippen LogP contribution in [0.1, 0.15) is 5.56 Å². The molecule has 0 saturated carbocycles. The highest BCUT2D eigenvalue weighted by Gasteiger charge is 2.06. The van der Waals surface area contributed by atoms with Crippen LogP contribution in [0, 0.1) is 6.92 Å². The molecule has 0 bridgehead atoms. The molecule has 0 unspecified atom stereocenters. The number of aryl methyl sites for hydroxylation is 1. The van der Waals surface area contributed by atoms with E-state index in [1.54, 1.807) is 24.3 Å². The predicted molar refractivity (Wildman–Crippen MR) is 58.3 cm³/mol. The highest BCUT2D eigenvalue weighted by molar-refractivity contribution is 5.67. The van der Waals surface area contributed by atoms with Gasteiger partial charge < -0.3 is 10.8 Å². The van der Waals surface area contributed by atoms with Crippen LogP contribution in [0.15, 0.2) is 30.3 Å². The highest BCUT2D eigenvalue weighted by Crippen LogP contribution is 2.27. The number of nitrogens with two attached hydrogens (primary N) is 1. The number of rotatable bonds is 1. The van der Waals surface area contributed by atoms with Crippen LogP contribution in [-0.4, -0.2) is 15.3 Å². The van der Waals surface area contributed by atoms with Gasteiger partial charge in [0.25, 0.3) is 0 Å². The van der Waals surface area contributed by atoms with Crippen molar-refractivity contribution in [3.63, 3.8) is 0 Å². The van der Waals surface area contributed by atoms with Gasteiger partial charge in [0, 0.05) is 5.56 Å². The van der Waals surface area contributed by atoms with E-state index in [-0.39, 0.29) is 5.75 Å². The van der Waals surface area contributed by atoms with E-state index >= 15 is 0 Å². The van der Waals surface area contributed by atoms with Gasteiger partial charge in [-0.25, -0.2) is 0 Å². The van der Waals surface area contributed by atoms with E-state index in [1.807, 2.05) is 13.0 Å². The number of hydrogen-bond acceptors (Lipinski definition) is 4. The third kappa shape index (κ3) is 1.74. The summed E-state index contributed by atoms with van der Waals surface area (Å²) in [6, 6.07) is 8.80. The summed E-state index contributed by atoms with van der Waals surface area (Å²) in [5, 5.41) is 17.4. The minimum absolute atomic E-state index is 0.191. The van der Waals surface area contributed by atoms with Gasteiger partial charge in [-0.15, -0.1) is 10.2 Å². The van der Waals surface area contributed by atoms with Crippen molar-refractivity contribution >= 4 is 5.82 Å². The first kappa shape index (κ1) is 9.45. The molecule has 4 heteroatoms. The second-order valence-corrected chi connectivity index (χ2v) is 3.31. The van der Waals surface area contributed by atoms with Crippen molar-refractivity contribution in [1.82, 2.24) is 10.2 Å². The third-order valence-electron chi connectivity index (χ3n) is 2.20. The fourth-order valence-corrected chi connectivity index (χ4v) is 1.32. The summed E-state index contributed by atoms with van der Waals surface area (Å²) >= 11 is 0. The van der Waals surface area contributed by atoms with Gasteiger partial charge in [-0.3, -0.25) is 0 Å². The minimum atomic E-state index is 0.191. The van der Waals surface area contributed by atoms with Crippen molar-refractivity contribution < 1.29 is 5.11 Å². The van der Waals surface area contributed by atoms with Crippen molar-refractivity contribution in [2.45, 2.75) is 6.92 Å². The Morgan fingerprint density at radius 2 is 1.93 bits per heavy atom. The van der Waals surface area contributed by atoms with E-state index in [0.717, 1.165) is 5.56 Å². The van der Waals surface area contributed by atoms with Gasteiger partial charge >= 0.3 is 0 Å². The lowest BCUT2D eigenvalue weighted by molar-refractivity contribution is 0.477. The maximum absolute atomic E-state index is 9.63. The normalized spacial score (nSPS) is 10.2. The molecule has 0 aliphatic rings. The minimum Gasteiger partial charge on any atom is -0.507 e. The molecule has 4 nitrogen and oxygen atoms in total. The number of aromatic hydroxyl groups is 1. The molecular formula is C11H11N3O. The number of aromatic nitrogens is 2. The SMILES string of the molecule is Cc1cc(-c2ccccc2O)nnc1N. The molecule has 0 aliphatic heterocycles. The lowest BCUT2D eigenvalue weighted by Gasteiger charge is -2.04. The second kappa shape index (κ2) is 3.57. The Balaban J connectivity index is 2.55. The Hall–Kier alpha value is -2.10. The van der Waals surface area contributed by atoms with Crippen molar-refractivity contribution in [3.8, 4) is 17.0 Å². The van der Waals surface area contributed by atoms with Gasteiger partial charge in [0.05, 0.1) is 5.69 Å². The summed E-state index contributed by atoms with van der Waals surface area (Å²) in [5.74, 6) is 0.602. The summed E-state index contributed by atoms with van der Waals surface area (Å²) < 4.78 is 0. The molecule has 0 fully saturated rings. The number of phenolic OH excluding ortho intramolecular Hbond substituents is 1. The van der Waals surface area contributed by atoms with Gasteiger partial charge in [-0.1, -0.05) is 12.1 Å². The standard InChI is InChI=1S/C11H11N3O/c1-7-6-9(13-14-11(7)12)8-4-2-3-5-10(8)15/h2-6,15H,1H3,(H2,12,14). The third-order valence-corrected chi connectivity index (χ3v) is 2.20. The van der Waals surface area contributed by atoms with Crippen LogP contribution in [0.4, 0.5) is 5.82 Å². The van der Waals surface area contributed by atoms with Crippen LogP contribution in [0.25, 0.3) is 11.3 Å². The lowest BCUT2D eigenvalue weighted by atomic mass is 10.1. The van der Waals surface area contributed by atoms with Crippen LogP contribution in [0.5, 0.6) is 5.75 Å². The molecule has 0 radical (unpaired) electrons. The molecule has 0 amide bonds. The van der Waals surface area contributed by atoms with Gasteiger partial charge in [0.1, 0.15) is 11.6 Å². The van der Waals surface area contributed by atoms with Crippen molar-refractivity contribution in [2.24, 2.45) is 0 Å². The molecule has 15 heavy (non-hydrogen) atoms. The Morgan fingerprint density at radius 3 is 2.60 bits per heavy atom. The molecule has 1 heterocycles. The smallest absolute Gasteiger partial charge is 0.149 e. The largest absolute Gasteiger partial charge is 0.507 e. The quantitative estimate of drug-likeness (QED) is 0.737. The molecular weight excluding hydrogens is 190 g/mol. The number of hydrogen-bond donors (Lipinski definition) is 2. The van der Waals surface area contributed by atoms with Crippen molar-refractivity contribution in [2.75, 3.05) is 5.73 Å². The predicted octanol–water partition coefficient (Wildman–Crippen LogP) is 1.74. The fourth-order valence-electron chi connectivity index (χ4n) is 1.32. The zero-order valence-corrected chi connectivity index (χ0v) is 8.31. The van der Waals surface area contributed by atoms with Crippen LogP contribution < -0.4 is 5.73 Å². The zero-order valence-electron chi connectivity index (χ0n) is 8.31. The first-order valence-electron chi connectivity index (χ1n) is 4.56. The summed E-state index contributed by atoms with van der Waals surface area (Å²) in [4.78, 5) is 0. The first-order valence-corrected chi connectivity index (χ1v) is 4.56. The van der Waals surface area contributed by atoms with E-state index in [0.29, 0.717) is 17.1 Å². The monoisotopic (exact) mass is 201 g/mol. The maximum atomic E-state index is 9.63. The summed E-state index contributed by atoms with van der Waals surface area (Å²) in [5.41, 5.74) is 7.70. The maximum Gasteiger partial charge on any atom is 0.149 e. The average molecular weight is 201 g/mol. The number of benzene rings is 1. The number of nitrogen functional groups attached to an aromatic ring is 1. The van der Waals surface area contributed by atoms with Gasteiger partial charge in [0.15, 0.2) is 0 Å². The fraction of sp³-hybridized carbons (Fsp3) is 0.0909. The molecule has 0 atom stereocenters. The Labute approximate surface area is 87.4 Å². The average Bonchev–Trinajstić information content (AvgIpc) is 2.23. The van der Waals surface area contributed by atoms with Crippen LogP contribution in [0.2, 0.25) is 0 Å². The van der Waals surface area contributed by atoms with E-state index < -0.39 is 0 Å². The van der Waals surface area contributed by atoms with E-state index in [2.05, 4.69) is 10.2 Å². The summed E-state index contributed by atoms with van der Waals surface area (Å²) in [6.07, 6.45) is 0. The lowest BCUT2D eigenvalue weighted by Crippen LogP contribution is -1.97. The highest BCUT2D eigenvalue weighted by atomic mass is 16.3.